The first kappa shape index (κ1) is 30.9. The number of ether oxygens (including phenoxy) is 1. The molecule has 0 aromatic heterocycles. The van der Waals surface area contributed by atoms with E-state index in [1.54, 1.807) is 6.07 Å². The molecule has 2 aliphatic heterocycles. The van der Waals surface area contributed by atoms with Gasteiger partial charge in [0.2, 0.25) is 0 Å². The second kappa shape index (κ2) is 14.7. The molecule has 0 aliphatic carbocycles. The number of carbonyl (C=O) groups excluding carboxylic acids is 1. The maximum Gasteiger partial charge on any atom is 0.263 e. The van der Waals surface area contributed by atoms with E-state index in [1.165, 1.54) is 36.8 Å². The van der Waals surface area contributed by atoms with Crippen molar-refractivity contribution in [1.29, 1.82) is 0 Å². The smallest absolute Gasteiger partial charge is 0.263 e. The van der Waals surface area contributed by atoms with Gasteiger partial charge in [-0.25, -0.2) is 4.21 Å². The van der Waals surface area contributed by atoms with Gasteiger partial charge in [0.15, 0.2) is 0 Å². The molecule has 5 atom stereocenters. The van der Waals surface area contributed by atoms with E-state index >= 15 is 0 Å². The Kier molecular flexibility index (Phi) is 11.4. The monoisotopic (exact) mass is 586 g/mol. The van der Waals surface area contributed by atoms with Gasteiger partial charge in [-0.3, -0.25) is 9.52 Å². The highest BCUT2D eigenvalue weighted by atomic mass is 35.5. The molecule has 1 amide bonds. The molecule has 1 N–H and O–H groups in total. The molecule has 2 aromatic rings. The van der Waals surface area contributed by atoms with Crippen molar-refractivity contribution in [2.75, 3.05) is 24.6 Å². The van der Waals surface area contributed by atoms with Crippen LogP contribution < -0.4 is 14.4 Å². The maximum atomic E-state index is 13.2. The van der Waals surface area contributed by atoms with Gasteiger partial charge in [-0.15, -0.1) is 0 Å². The topological polar surface area (TPSA) is 58.6 Å². The number of benzene rings is 2. The molecule has 0 saturated heterocycles. The van der Waals surface area contributed by atoms with Gasteiger partial charge < -0.3 is 9.64 Å². The van der Waals surface area contributed by atoms with Crippen LogP contribution in [0.25, 0.3) is 0 Å². The third-order valence-electron chi connectivity index (χ3n) is 8.82. The van der Waals surface area contributed by atoms with E-state index in [-0.39, 0.29) is 23.0 Å². The number of carbonyl (C=O) groups is 1. The number of amides is 1. The van der Waals surface area contributed by atoms with Crippen LogP contribution >= 0.6 is 11.6 Å². The molecule has 4 rings (SSSR count). The Labute approximate surface area is 249 Å². The van der Waals surface area contributed by atoms with Crippen molar-refractivity contribution >= 4 is 34.2 Å². The summed E-state index contributed by atoms with van der Waals surface area (Å²) in [5.41, 5.74) is 4.05. The third-order valence-corrected chi connectivity index (χ3v) is 10.6. The average molecular weight is 587 g/mol. The summed E-state index contributed by atoms with van der Waals surface area (Å²) in [6.45, 7) is 11.0. The quantitative estimate of drug-likeness (QED) is 0.395. The first-order valence-corrected chi connectivity index (χ1v) is 16.9. The predicted molar refractivity (Wildman–Crippen MR) is 168 cm³/mol. The van der Waals surface area contributed by atoms with E-state index in [2.05, 4.69) is 42.5 Å². The lowest BCUT2D eigenvalue weighted by Gasteiger charge is -2.28. The van der Waals surface area contributed by atoms with Crippen molar-refractivity contribution in [3.05, 3.63) is 58.1 Å². The Balaban J connectivity index is 1.64. The summed E-state index contributed by atoms with van der Waals surface area (Å²) in [5.74, 6) is 1.70. The van der Waals surface area contributed by atoms with Crippen LogP contribution in [0.5, 0.6) is 5.75 Å². The Hall–Kier alpha value is -2.05. The maximum absolute atomic E-state index is 13.2. The van der Waals surface area contributed by atoms with E-state index in [0.29, 0.717) is 18.1 Å². The normalized spacial score (nSPS) is 27.1. The molecule has 0 saturated carbocycles. The number of anilines is 1. The van der Waals surface area contributed by atoms with Gasteiger partial charge in [0.05, 0.1) is 17.5 Å². The van der Waals surface area contributed by atoms with Crippen molar-refractivity contribution in [3.8, 4) is 5.75 Å². The number of aryl methyl sites for hydroxylation is 1. The number of nitrogens with zero attached hydrogens (tertiary/aromatic N) is 1. The third kappa shape index (κ3) is 8.03. The fourth-order valence-electron chi connectivity index (χ4n) is 6.08. The molecule has 7 heteroatoms. The minimum atomic E-state index is -1.44. The van der Waals surface area contributed by atoms with E-state index in [0.717, 1.165) is 61.7 Å². The molecular formula is C33H47ClN2O3S. The summed E-state index contributed by atoms with van der Waals surface area (Å²) >= 11 is 6.38. The average Bonchev–Trinajstić information content (AvgIpc) is 3.11. The minimum Gasteiger partial charge on any atom is -0.491 e. The summed E-state index contributed by atoms with van der Waals surface area (Å²) in [7, 11) is -1.44. The van der Waals surface area contributed by atoms with Gasteiger partial charge in [-0.2, -0.15) is 0 Å². The Morgan fingerprint density at radius 3 is 2.55 bits per heavy atom. The number of hydrogen-bond acceptors (Lipinski definition) is 4. The van der Waals surface area contributed by atoms with Crippen LogP contribution in [0.2, 0.25) is 5.02 Å². The summed E-state index contributed by atoms with van der Waals surface area (Å²) in [4.78, 5) is 15.6. The zero-order valence-electron chi connectivity index (χ0n) is 24.7. The molecule has 2 aromatic carbocycles. The highest BCUT2D eigenvalue weighted by Crippen LogP contribution is 2.37. The van der Waals surface area contributed by atoms with Crippen molar-refractivity contribution in [2.45, 2.75) is 96.7 Å². The molecular weight excluding hydrogens is 540 g/mol. The summed E-state index contributed by atoms with van der Waals surface area (Å²) in [5, 5.41) is 0.672. The summed E-state index contributed by atoms with van der Waals surface area (Å²) in [6.07, 6.45) is 10.2. The van der Waals surface area contributed by atoms with Crippen LogP contribution in [-0.2, 0) is 17.4 Å². The number of rotatable bonds is 3. The van der Waals surface area contributed by atoms with E-state index in [1.807, 2.05) is 25.1 Å². The zero-order chi connectivity index (χ0) is 28.6. The SMILES string of the molecule is CCCc1cc(Cl)ccc1C1COc2ccc3cc2N(CCCCC(C)CCCCC(C)C(C)S(=O)NC3=O)C1. The van der Waals surface area contributed by atoms with E-state index < -0.39 is 11.0 Å². The number of fused-ring (bicyclic) bond motifs is 1. The van der Waals surface area contributed by atoms with Crippen LogP contribution in [0, 0.1) is 11.8 Å². The minimum absolute atomic E-state index is 0.0987. The molecule has 0 fully saturated rings. The largest absolute Gasteiger partial charge is 0.491 e. The summed E-state index contributed by atoms with van der Waals surface area (Å²) in [6, 6.07) is 11.9. The van der Waals surface area contributed by atoms with E-state index in [9.17, 15) is 9.00 Å². The second-order valence-corrected chi connectivity index (χ2v) is 14.0. The van der Waals surface area contributed by atoms with Crippen LogP contribution in [0.15, 0.2) is 36.4 Å². The highest BCUT2D eigenvalue weighted by Gasteiger charge is 2.28. The van der Waals surface area contributed by atoms with Crippen LogP contribution in [-0.4, -0.2) is 35.1 Å². The van der Waals surface area contributed by atoms with Gasteiger partial charge in [-0.05, 0) is 79.5 Å². The lowest BCUT2D eigenvalue weighted by molar-refractivity contribution is 0.0982. The molecule has 2 bridgehead atoms. The molecule has 2 aliphatic rings. The van der Waals surface area contributed by atoms with Crippen LogP contribution in [0.1, 0.15) is 106 Å². The Morgan fingerprint density at radius 2 is 1.77 bits per heavy atom. The first-order valence-electron chi connectivity index (χ1n) is 15.3. The zero-order valence-corrected chi connectivity index (χ0v) is 26.3. The molecule has 40 heavy (non-hydrogen) atoms. The first-order chi connectivity index (χ1) is 19.3. The lowest BCUT2D eigenvalue weighted by atomic mass is 9.92. The molecule has 5 unspecified atom stereocenters. The summed E-state index contributed by atoms with van der Waals surface area (Å²) < 4.78 is 22.3. The van der Waals surface area contributed by atoms with Gasteiger partial charge in [0, 0.05) is 29.6 Å². The van der Waals surface area contributed by atoms with Crippen molar-refractivity contribution < 1.29 is 13.7 Å². The fraction of sp³-hybridized carbons (Fsp3) is 0.606. The van der Waals surface area contributed by atoms with Crippen LogP contribution in [0.4, 0.5) is 5.69 Å². The van der Waals surface area contributed by atoms with Gasteiger partial charge in [-0.1, -0.05) is 77.0 Å². The Bertz CT molecular complexity index is 1170. The lowest BCUT2D eigenvalue weighted by Crippen LogP contribution is -2.35. The van der Waals surface area contributed by atoms with Gasteiger partial charge in [0.25, 0.3) is 5.91 Å². The van der Waals surface area contributed by atoms with Gasteiger partial charge in [0.1, 0.15) is 16.7 Å². The van der Waals surface area contributed by atoms with Crippen molar-refractivity contribution in [3.63, 3.8) is 0 Å². The number of halogens is 1. The molecule has 0 spiro atoms. The van der Waals surface area contributed by atoms with Crippen molar-refractivity contribution in [2.24, 2.45) is 11.8 Å². The standard InChI is InChI=1S/C33H47ClN2O3S/c1-5-10-26-19-29(34)15-16-30(26)28-21-36-18-9-8-12-23(2)11-6-7-13-24(3)25(4)40(38)35-33(37)27-14-17-32(39-22-28)31(36)20-27/h14-17,19-20,23-25,28H,5-13,18,21-22H2,1-4H3,(H,35,37). The van der Waals surface area contributed by atoms with Crippen molar-refractivity contribution in [1.82, 2.24) is 4.72 Å². The number of nitrogens with one attached hydrogen (secondary N) is 1. The Morgan fingerprint density at radius 1 is 1.02 bits per heavy atom. The molecule has 220 valence electrons. The van der Waals surface area contributed by atoms with Gasteiger partial charge >= 0.3 is 0 Å². The fourth-order valence-corrected chi connectivity index (χ4v) is 7.32. The molecule has 5 nitrogen and oxygen atoms in total. The highest BCUT2D eigenvalue weighted by molar-refractivity contribution is 7.84. The van der Waals surface area contributed by atoms with E-state index in [4.69, 9.17) is 16.3 Å². The number of hydrogen-bond donors (Lipinski definition) is 1. The molecule has 0 radical (unpaired) electrons. The molecule has 2 heterocycles. The van der Waals surface area contributed by atoms with Crippen LogP contribution in [0.3, 0.4) is 0 Å². The second-order valence-electron chi connectivity index (χ2n) is 12.0. The predicted octanol–water partition coefficient (Wildman–Crippen LogP) is 8.07.